The molecular weight excluding hydrogens is 386 g/mol. The van der Waals surface area contributed by atoms with Gasteiger partial charge in [-0.3, -0.25) is 4.79 Å². The number of guanidine groups is 1. The van der Waals surface area contributed by atoms with Gasteiger partial charge in [0.15, 0.2) is 5.96 Å². The largest absolute Gasteiger partial charge is 0.356 e. The summed E-state index contributed by atoms with van der Waals surface area (Å²) in [4.78, 5) is 20.9. The van der Waals surface area contributed by atoms with Gasteiger partial charge in [-0.25, -0.2) is 4.99 Å². The van der Waals surface area contributed by atoms with Crippen LogP contribution in [0.15, 0.2) is 35.3 Å². The number of aliphatic imine (C=N–C) groups is 1. The Labute approximate surface area is 188 Å². The van der Waals surface area contributed by atoms with Crippen molar-refractivity contribution in [2.45, 2.75) is 64.0 Å². The third kappa shape index (κ3) is 7.84. The molecular formula is C25H41N5O. The van der Waals surface area contributed by atoms with Gasteiger partial charge in [-0.15, -0.1) is 0 Å². The van der Waals surface area contributed by atoms with Crippen LogP contribution in [0.1, 0.15) is 51.0 Å². The number of carbonyl (C=O) groups is 1. The number of likely N-dealkylation sites (tertiary alicyclic amines) is 1. The van der Waals surface area contributed by atoms with Gasteiger partial charge in [0.1, 0.15) is 6.54 Å². The molecule has 0 atom stereocenters. The summed E-state index contributed by atoms with van der Waals surface area (Å²) in [5.41, 5.74) is 1.30. The van der Waals surface area contributed by atoms with Crippen molar-refractivity contribution in [1.29, 1.82) is 0 Å². The fraction of sp³-hybridized carbons (Fsp3) is 0.680. The van der Waals surface area contributed by atoms with E-state index in [1.807, 2.05) is 6.07 Å². The van der Waals surface area contributed by atoms with E-state index < -0.39 is 0 Å². The van der Waals surface area contributed by atoms with Crippen LogP contribution < -0.4 is 10.6 Å². The molecule has 2 N–H and O–H groups in total. The summed E-state index contributed by atoms with van der Waals surface area (Å²) in [7, 11) is 3.55. The Bertz CT molecular complexity index is 689. The van der Waals surface area contributed by atoms with Gasteiger partial charge in [-0.2, -0.15) is 0 Å². The molecule has 1 aromatic carbocycles. The molecule has 6 nitrogen and oxygen atoms in total. The Morgan fingerprint density at radius 1 is 1.06 bits per heavy atom. The first-order valence-corrected chi connectivity index (χ1v) is 12.0. The van der Waals surface area contributed by atoms with E-state index in [0.29, 0.717) is 6.04 Å². The molecule has 1 aliphatic heterocycles. The third-order valence-electron chi connectivity index (χ3n) is 6.79. The van der Waals surface area contributed by atoms with E-state index in [9.17, 15) is 4.79 Å². The lowest BCUT2D eigenvalue weighted by atomic mass is 9.88. The number of piperidine rings is 1. The van der Waals surface area contributed by atoms with E-state index in [-0.39, 0.29) is 12.5 Å². The molecule has 0 radical (unpaired) electrons. The molecule has 31 heavy (non-hydrogen) atoms. The summed E-state index contributed by atoms with van der Waals surface area (Å²) < 4.78 is 0. The maximum atomic E-state index is 12.0. The minimum absolute atomic E-state index is 0.0206. The smallest absolute Gasteiger partial charge is 0.243 e. The van der Waals surface area contributed by atoms with Gasteiger partial charge in [0, 0.05) is 32.7 Å². The van der Waals surface area contributed by atoms with Gasteiger partial charge in [0.25, 0.3) is 0 Å². The number of rotatable bonds is 7. The summed E-state index contributed by atoms with van der Waals surface area (Å²) in [5, 5.41) is 7.06. The van der Waals surface area contributed by atoms with Gasteiger partial charge in [0.2, 0.25) is 5.91 Å². The van der Waals surface area contributed by atoms with Gasteiger partial charge >= 0.3 is 0 Å². The van der Waals surface area contributed by atoms with Crippen LogP contribution in [0.3, 0.4) is 0 Å². The van der Waals surface area contributed by atoms with Crippen LogP contribution >= 0.6 is 0 Å². The zero-order chi connectivity index (χ0) is 22.1. The lowest BCUT2D eigenvalue weighted by Crippen LogP contribution is -2.49. The van der Waals surface area contributed by atoms with Crippen LogP contribution in [0.2, 0.25) is 0 Å². The van der Waals surface area contributed by atoms with E-state index >= 15 is 0 Å². The maximum Gasteiger partial charge on any atom is 0.243 e. The lowest BCUT2D eigenvalue weighted by molar-refractivity contribution is -0.127. The Morgan fingerprint density at radius 3 is 2.39 bits per heavy atom. The molecule has 1 heterocycles. The fourth-order valence-electron chi connectivity index (χ4n) is 4.58. The number of nitrogens with one attached hydrogen (secondary N) is 2. The van der Waals surface area contributed by atoms with Crippen molar-refractivity contribution in [3.8, 4) is 0 Å². The maximum absolute atomic E-state index is 12.0. The Morgan fingerprint density at radius 2 is 1.74 bits per heavy atom. The molecule has 2 fully saturated rings. The average molecular weight is 428 g/mol. The molecule has 1 saturated heterocycles. The summed E-state index contributed by atoms with van der Waals surface area (Å²) in [6, 6.07) is 11.6. The number of nitrogens with zero attached hydrogens (tertiary/aromatic N) is 3. The minimum Gasteiger partial charge on any atom is -0.356 e. The second-order valence-corrected chi connectivity index (χ2v) is 9.48. The first kappa shape index (κ1) is 23.6. The van der Waals surface area contributed by atoms with Crippen LogP contribution in [0.5, 0.6) is 0 Å². The van der Waals surface area contributed by atoms with Crippen LogP contribution in [0.25, 0.3) is 0 Å². The van der Waals surface area contributed by atoms with E-state index in [1.54, 1.807) is 19.0 Å². The predicted molar refractivity (Wildman–Crippen MR) is 128 cm³/mol. The Hall–Kier alpha value is -2.08. The predicted octanol–water partition coefficient (Wildman–Crippen LogP) is 2.90. The molecule has 1 aliphatic carbocycles. The van der Waals surface area contributed by atoms with Crippen molar-refractivity contribution in [1.82, 2.24) is 20.4 Å². The van der Waals surface area contributed by atoms with Crippen molar-refractivity contribution >= 4 is 11.9 Å². The molecule has 6 heteroatoms. The molecule has 1 amide bonds. The zero-order valence-electron chi connectivity index (χ0n) is 19.6. The minimum atomic E-state index is 0.0206. The summed E-state index contributed by atoms with van der Waals surface area (Å²) in [6.45, 7) is 5.89. The summed E-state index contributed by atoms with van der Waals surface area (Å²) in [5.74, 6) is 1.67. The normalized spacial score (nSPS) is 23.4. The molecule has 1 aromatic rings. The van der Waals surface area contributed by atoms with E-state index in [1.165, 1.54) is 44.3 Å². The molecule has 172 valence electrons. The van der Waals surface area contributed by atoms with Crippen molar-refractivity contribution in [2.75, 3.05) is 40.3 Å². The first-order valence-electron chi connectivity index (χ1n) is 12.0. The van der Waals surface area contributed by atoms with Crippen molar-refractivity contribution < 1.29 is 4.79 Å². The average Bonchev–Trinajstić information content (AvgIpc) is 2.79. The lowest BCUT2D eigenvalue weighted by Gasteiger charge is -2.40. The van der Waals surface area contributed by atoms with Crippen molar-refractivity contribution in [2.24, 2.45) is 10.9 Å². The molecule has 2 aliphatic rings. The molecule has 0 unspecified atom stereocenters. The van der Waals surface area contributed by atoms with Gasteiger partial charge in [-0.05, 0) is 69.5 Å². The summed E-state index contributed by atoms with van der Waals surface area (Å²) >= 11 is 0. The SMILES string of the molecule is CC1CCN(C2CCC(NC(=NCC(=O)N(C)C)NCCc3ccccc3)CC2)CC1. The quantitative estimate of drug-likeness (QED) is 0.519. The number of likely N-dealkylation sites (N-methyl/N-ethyl adjacent to an activating group) is 1. The molecule has 3 rings (SSSR count). The van der Waals surface area contributed by atoms with Gasteiger partial charge in [-0.1, -0.05) is 37.3 Å². The number of carbonyl (C=O) groups excluding carboxylic acids is 1. The zero-order valence-corrected chi connectivity index (χ0v) is 19.6. The van der Waals surface area contributed by atoms with E-state index in [0.717, 1.165) is 43.7 Å². The Balaban J connectivity index is 1.49. The number of hydrogen-bond acceptors (Lipinski definition) is 3. The third-order valence-corrected chi connectivity index (χ3v) is 6.79. The number of hydrogen-bond donors (Lipinski definition) is 2. The van der Waals surface area contributed by atoms with Crippen LogP contribution in [-0.2, 0) is 11.2 Å². The van der Waals surface area contributed by atoms with Crippen LogP contribution in [-0.4, -0.2) is 74.0 Å². The van der Waals surface area contributed by atoms with E-state index in [4.69, 9.17) is 0 Å². The monoisotopic (exact) mass is 427 g/mol. The number of benzene rings is 1. The van der Waals surface area contributed by atoms with Gasteiger partial charge < -0.3 is 20.4 Å². The summed E-state index contributed by atoms with van der Waals surface area (Å²) in [6.07, 6.45) is 8.46. The number of amides is 1. The molecule has 0 spiro atoms. The highest BCUT2D eigenvalue weighted by molar-refractivity contribution is 5.84. The molecule has 0 aromatic heterocycles. The van der Waals surface area contributed by atoms with Crippen molar-refractivity contribution in [3.63, 3.8) is 0 Å². The highest BCUT2D eigenvalue weighted by Gasteiger charge is 2.28. The molecule has 1 saturated carbocycles. The van der Waals surface area contributed by atoms with Crippen LogP contribution in [0.4, 0.5) is 0 Å². The van der Waals surface area contributed by atoms with Crippen molar-refractivity contribution in [3.05, 3.63) is 35.9 Å². The fourth-order valence-corrected chi connectivity index (χ4v) is 4.58. The Kier molecular flexibility index (Phi) is 9.19. The highest BCUT2D eigenvalue weighted by atomic mass is 16.2. The van der Waals surface area contributed by atoms with Gasteiger partial charge in [0.05, 0.1) is 0 Å². The molecule has 0 bridgehead atoms. The second kappa shape index (κ2) is 12.1. The van der Waals surface area contributed by atoms with E-state index in [2.05, 4.69) is 51.7 Å². The highest BCUT2D eigenvalue weighted by Crippen LogP contribution is 2.27. The first-order chi connectivity index (χ1) is 15.0. The second-order valence-electron chi connectivity index (χ2n) is 9.48. The van der Waals surface area contributed by atoms with Crippen LogP contribution in [0, 0.1) is 5.92 Å². The topological polar surface area (TPSA) is 60.0 Å². The standard InChI is InChI=1S/C25H41N5O/c1-20-14-17-30(18-15-20)23-11-9-22(10-12-23)28-25(27-19-24(31)29(2)3)26-16-13-21-7-5-4-6-8-21/h4-8,20,22-23H,9-19H2,1-3H3,(H2,26,27,28).